The van der Waals surface area contributed by atoms with Gasteiger partial charge in [-0.1, -0.05) is 6.07 Å². The van der Waals surface area contributed by atoms with Gasteiger partial charge in [-0.2, -0.15) is 15.2 Å². The quantitative estimate of drug-likeness (QED) is 0.581. The molecule has 0 saturated heterocycles. The molecule has 3 heterocycles. The summed E-state index contributed by atoms with van der Waals surface area (Å²) in [6, 6.07) is 7.65. The average Bonchev–Trinajstić information content (AvgIpc) is 3.23. The van der Waals surface area contributed by atoms with E-state index in [2.05, 4.69) is 30.2 Å². The fourth-order valence-corrected chi connectivity index (χ4v) is 2.40. The molecule has 0 spiro atoms. The zero-order valence-corrected chi connectivity index (χ0v) is 12.8. The van der Waals surface area contributed by atoms with Crippen LogP contribution in [0.5, 0.6) is 5.88 Å². The van der Waals surface area contributed by atoms with Gasteiger partial charge in [-0.05, 0) is 18.2 Å². The molecular weight excluding hydrogens is 308 g/mol. The average molecular weight is 322 g/mol. The van der Waals surface area contributed by atoms with Crippen LogP contribution in [0.2, 0.25) is 0 Å². The Morgan fingerprint density at radius 1 is 1.25 bits per heavy atom. The van der Waals surface area contributed by atoms with Crippen molar-refractivity contribution in [2.24, 2.45) is 7.05 Å². The highest BCUT2D eigenvalue weighted by Crippen LogP contribution is 2.28. The van der Waals surface area contributed by atoms with Crippen molar-refractivity contribution in [1.29, 1.82) is 0 Å². The molecule has 4 aromatic rings. The Morgan fingerprint density at radius 3 is 2.92 bits per heavy atom. The van der Waals surface area contributed by atoms with Gasteiger partial charge in [0.1, 0.15) is 12.9 Å². The molecule has 0 unspecified atom stereocenters. The third-order valence-corrected chi connectivity index (χ3v) is 3.63. The fourth-order valence-electron chi connectivity index (χ4n) is 2.40. The van der Waals surface area contributed by atoms with Crippen molar-refractivity contribution in [3.63, 3.8) is 0 Å². The third kappa shape index (κ3) is 2.51. The predicted molar refractivity (Wildman–Crippen MR) is 86.9 cm³/mol. The minimum absolute atomic E-state index is 0.150. The topological polar surface area (TPSA) is 120 Å². The van der Waals surface area contributed by atoms with E-state index in [0.29, 0.717) is 17.2 Å². The summed E-state index contributed by atoms with van der Waals surface area (Å²) in [5.41, 5.74) is 8.37. The Kier molecular flexibility index (Phi) is 3.30. The van der Waals surface area contributed by atoms with Crippen molar-refractivity contribution in [1.82, 2.24) is 34.9 Å². The lowest BCUT2D eigenvalue weighted by Gasteiger charge is -2.09. The highest BCUT2D eigenvalue weighted by atomic mass is 16.5. The summed E-state index contributed by atoms with van der Waals surface area (Å²) in [5.74, 6) is 1.25. The van der Waals surface area contributed by atoms with Crippen LogP contribution in [0.1, 0.15) is 5.82 Å². The Balaban J connectivity index is 1.71. The Labute approximate surface area is 136 Å². The number of aryl methyl sites for hydroxylation is 1. The molecule has 0 saturated carbocycles. The maximum atomic E-state index is 5.82. The predicted octanol–water partition coefficient (Wildman–Crippen LogP) is 1.31. The SMILES string of the molecule is Cn1ncnc1COc1nc(N)nc2cc(-c3ccn[nH]3)ccc12. The number of aromatic nitrogens is 7. The molecule has 0 aliphatic carbocycles. The number of hydrogen-bond donors (Lipinski definition) is 2. The Hall–Kier alpha value is -3.49. The van der Waals surface area contributed by atoms with Crippen LogP contribution in [0.25, 0.3) is 22.2 Å². The molecule has 0 aliphatic rings. The standard InChI is InChI=1S/C15H14N8O/c1-23-13(17-8-19-23)7-24-14-10-3-2-9(11-4-5-18-22-11)6-12(10)20-15(16)21-14/h2-6,8H,7H2,1H3,(H,18,22)(H2,16,20,21). The summed E-state index contributed by atoms with van der Waals surface area (Å²) >= 11 is 0. The van der Waals surface area contributed by atoms with Crippen LogP contribution in [0.15, 0.2) is 36.8 Å². The molecule has 24 heavy (non-hydrogen) atoms. The minimum Gasteiger partial charge on any atom is -0.469 e. The van der Waals surface area contributed by atoms with E-state index < -0.39 is 0 Å². The molecule has 0 radical (unpaired) electrons. The highest BCUT2D eigenvalue weighted by molar-refractivity contribution is 5.88. The number of aromatic amines is 1. The van der Waals surface area contributed by atoms with Crippen molar-refractivity contribution in [2.45, 2.75) is 6.61 Å². The van der Waals surface area contributed by atoms with Crippen molar-refractivity contribution in [3.8, 4) is 17.1 Å². The maximum Gasteiger partial charge on any atom is 0.226 e. The molecule has 0 fully saturated rings. The number of rotatable bonds is 4. The molecule has 3 N–H and O–H groups in total. The van der Waals surface area contributed by atoms with Gasteiger partial charge in [0.05, 0.1) is 16.6 Å². The number of nitrogens with two attached hydrogens (primary N) is 1. The number of ether oxygens (including phenoxy) is 1. The molecule has 0 aliphatic heterocycles. The van der Waals surface area contributed by atoms with E-state index in [0.717, 1.165) is 16.6 Å². The first kappa shape index (κ1) is 14.1. The lowest BCUT2D eigenvalue weighted by Crippen LogP contribution is -2.07. The summed E-state index contributed by atoms with van der Waals surface area (Å²) in [6.45, 7) is 0.240. The number of fused-ring (bicyclic) bond motifs is 1. The van der Waals surface area contributed by atoms with Crippen LogP contribution in [0, 0.1) is 0 Å². The van der Waals surface area contributed by atoms with E-state index in [9.17, 15) is 0 Å². The van der Waals surface area contributed by atoms with Gasteiger partial charge in [-0.3, -0.25) is 9.78 Å². The number of H-pyrrole nitrogens is 1. The Morgan fingerprint density at radius 2 is 2.17 bits per heavy atom. The number of nitrogens with one attached hydrogen (secondary N) is 1. The van der Waals surface area contributed by atoms with Gasteiger partial charge in [-0.15, -0.1) is 0 Å². The highest BCUT2D eigenvalue weighted by Gasteiger charge is 2.11. The Bertz CT molecular complexity index is 992. The van der Waals surface area contributed by atoms with Gasteiger partial charge in [0.2, 0.25) is 11.8 Å². The zero-order valence-electron chi connectivity index (χ0n) is 12.8. The normalized spacial score (nSPS) is 11.0. The van der Waals surface area contributed by atoms with Crippen molar-refractivity contribution in [3.05, 3.63) is 42.6 Å². The van der Waals surface area contributed by atoms with Gasteiger partial charge in [-0.25, -0.2) is 9.97 Å². The molecule has 4 rings (SSSR count). The lowest BCUT2D eigenvalue weighted by atomic mass is 10.1. The van der Waals surface area contributed by atoms with E-state index in [1.54, 1.807) is 17.9 Å². The third-order valence-electron chi connectivity index (χ3n) is 3.63. The summed E-state index contributed by atoms with van der Waals surface area (Å²) in [7, 11) is 1.80. The van der Waals surface area contributed by atoms with Crippen LogP contribution >= 0.6 is 0 Å². The molecule has 1 aromatic carbocycles. The first-order chi connectivity index (χ1) is 11.7. The molecule has 9 heteroatoms. The van der Waals surface area contributed by atoms with E-state index in [4.69, 9.17) is 10.5 Å². The first-order valence-corrected chi connectivity index (χ1v) is 7.23. The number of benzene rings is 1. The molecule has 0 atom stereocenters. The zero-order chi connectivity index (χ0) is 16.5. The van der Waals surface area contributed by atoms with Gasteiger partial charge >= 0.3 is 0 Å². The maximum absolute atomic E-state index is 5.82. The van der Waals surface area contributed by atoms with Crippen LogP contribution in [-0.4, -0.2) is 34.9 Å². The summed E-state index contributed by atoms with van der Waals surface area (Å²) in [4.78, 5) is 12.6. The van der Waals surface area contributed by atoms with Crippen molar-refractivity contribution < 1.29 is 4.74 Å². The van der Waals surface area contributed by atoms with E-state index in [1.165, 1.54) is 6.33 Å². The molecule has 0 amide bonds. The number of nitrogen functional groups attached to an aromatic ring is 1. The largest absolute Gasteiger partial charge is 0.469 e. The first-order valence-electron chi connectivity index (χ1n) is 7.23. The molecule has 0 bridgehead atoms. The van der Waals surface area contributed by atoms with Gasteiger partial charge in [0.15, 0.2) is 5.82 Å². The van der Waals surface area contributed by atoms with Crippen LogP contribution < -0.4 is 10.5 Å². The summed E-state index contributed by atoms with van der Waals surface area (Å²) in [5, 5.41) is 11.7. The molecular formula is C15H14N8O. The second-order valence-electron chi connectivity index (χ2n) is 5.18. The monoisotopic (exact) mass is 322 g/mol. The van der Waals surface area contributed by atoms with E-state index >= 15 is 0 Å². The molecule has 3 aromatic heterocycles. The molecule has 9 nitrogen and oxygen atoms in total. The fraction of sp³-hybridized carbons (Fsp3) is 0.133. The van der Waals surface area contributed by atoms with Crippen LogP contribution in [0.3, 0.4) is 0 Å². The minimum atomic E-state index is 0.150. The molecule has 120 valence electrons. The lowest BCUT2D eigenvalue weighted by molar-refractivity contribution is 0.282. The van der Waals surface area contributed by atoms with Gasteiger partial charge in [0, 0.05) is 18.8 Å². The number of anilines is 1. The smallest absolute Gasteiger partial charge is 0.226 e. The summed E-state index contributed by atoms with van der Waals surface area (Å²) in [6.07, 6.45) is 3.17. The van der Waals surface area contributed by atoms with E-state index in [-0.39, 0.29) is 12.6 Å². The van der Waals surface area contributed by atoms with Crippen LogP contribution in [-0.2, 0) is 13.7 Å². The van der Waals surface area contributed by atoms with Crippen molar-refractivity contribution >= 4 is 16.9 Å². The van der Waals surface area contributed by atoms with Crippen LogP contribution in [0.4, 0.5) is 5.95 Å². The number of hydrogen-bond acceptors (Lipinski definition) is 7. The second-order valence-corrected chi connectivity index (χ2v) is 5.18. The van der Waals surface area contributed by atoms with Gasteiger partial charge in [0.25, 0.3) is 0 Å². The number of nitrogens with zero attached hydrogens (tertiary/aromatic N) is 6. The van der Waals surface area contributed by atoms with Gasteiger partial charge < -0.3 is 10.5 Å². The van der Waals surface area contributed by atoms with Crippen molar-refractivity contribution in [2.75, 3.05) is 5.73 Å². The summed E-state index contributed by atoms with van der Waals surface area (Å²) < 4.78 is 7.42. The van der Waals surface area contributed by atoms with E-state index in [1.807, 2.05) is 24.3 Å². The second kappa shape index (κ2) is 5.61.